The van der Waals surface area contributed by atoms with Gasteiger partial charge in [0, 0.05) is 37.3 Å². The van der Waals surface area contributed by atoms with Crippen LogP contribution in [-0.4, -0.2) is 48.0 Å². The minimum absolute atomic E-state index is 0.0574. The zero-order valence-corrected chi connectivity index (χ0v) is 20.8. The molecule has 0 unspecified atom stereocenters. The molecule has 180 valence electrons. The fraction of sp³-hybridized carbons (Fsp3) is 0.250. The number of nitrogens with zero attached hydrogens (tertiary/aromatic N) is 2. The van der Waals surface area contributed by atoms with Crippen molar-refractivity contribution < 1.29 is 9.59 Å². The van der Waals surface area contributed by atoms with Crippen LogP contribution in [0.3, 0.4) is 0 Å². The Balaban J connectivity index is 1.36. The highest BCUT2D eigenvalue weighted by Crippen LogP contribution is 2.27. The van der Waals surface area contributed by atoms with E-state index in [1.165, 1.54) is 5.56 Å². The van der Waals surface area contributed by atoms with Crippen molar-refractivity contribution in [2.45, 2.75) is 19.8 Å². The van der Waals surface area contributed by atoms with Crippen LogP contribution in [0.4, 0.5) is 11.4 Å². The van der Waals surface area contributed by atoms with Gasteiger partial charge in [0.05, 0.1) is 11.4 Å². The van der Waals surface area contributed by atoms with Gasteiger partial charge in [0.25, 0.3) is 11.8 Å². The molecule has 7 heteroatoms. The standard InChI is InChI=1S/C28H30N4O2S/c1-20(2)21-12-14-22(15-13-21)26(33)30-28(35)29-24-10-6-7-11-25(24)31-16-18-32(19-17-31)27(34)23-8-4-3-5-9-23/h3-15,20H,16-19H2,1-2H3,(H2,29,30,33,35). The first-order chi connectivity index (χ1) is 16.9. The molecule has 6 nitrogen and oxygen atoms in total. The zero-order valence-electron chi connectivity index (χ0n) is 20.0. The van der Waals surface area contributed by atoms with Gasteiger partial charge in [-0.25, -0.2) is 0 Å². The number of piperazine rings is 1. The third kappa shape index (κ3) is 6.05. The molecular formula is C28H30N4O2S. The molecule has 1 aliphatic rings. The lowest BCUT2D eigenvalue weighted by atomic mass is 10.0. The summed E-state index contributed by atoms with van der Waals surface area (Å²) in [6, 6.07) is 24.8. The predicted octanol–water partition coefficient (Wildman–Crippen LogP) is 4.90. The molecule has 4 rings (SSSR count). The highest BCUT2D eigenvalue weighted by Gasteiger charge is 2.23. The van der Waals surface area contributed by atoms with E-state index >= 15 is 0 Å². The summed E-state index contributed by atoms with van der Waals surface area (Å²) in [5.41, 5.74) is 4.25. The largest absolute Gasteiger partial charge is 0.366 e. The van der Waals surface area contributed by atoms with Crippen LogP contribution in [0.1, 0.15) is 46.0 Å². The van der Waals surface area contributed by atoms with Gasteiger partial charge in [-0.05, 0) is 60.1 Å². The molecular weight excluding hydrogens is 456 g/mol. The molecule has 1 heterocycles. The maximum absolute atomic E-state index is 12.8. The van der Waals surface area contributed by atoms with Crippen LogP contribution in [0.5, 0.6) is 0 Å². The Kier molecular flexibility index (Phi) is 7.77. The summed E-state index contributed by atoms with van der Waals surface area (Å²) in [7, 11) is 0. The highest BCUT2D eigenvalue weighted by molar-refractivity contribution is 7.80. The smallest absolute Gasteiger partial charge is 0.257 e. The van der Waals surface area contributed by atoms with E-state index in [1.54, 1.807) is 0 Å². The number of amides is 2. The van der Waals surface area contributed by atoms with E-state index in [4.69, 9.17) is 12.2 Å². The Labute approximate surface area is 211 Å². The molecule has 0 radical (unpaired) electrons. The van der Waals surface area contributed by atoms with Gasteiger partial charge in [-0.2, -0.15) is 0 Å². The highest BCUT2D eigenvalue weighted by atomic mass is 32.1. The Morgan fingerprint density at radius 3 is 2.09 bits per heavy atom. The first-order valence-electron chi connectivity index (χ1n) is 11.8. The minimum Gasteiger partial charge on any atom is -0.366 e. The van der Waals surface area contributed by atoms with E-state index in [1.807, 2.05) is 83.8 Å². The Hall–Kier alpha value is -3.71. The number of para-hydroxylation sites is 2. The monoisotopic (exact) mass is 486 g/mol. The second-order valence-corrected chi connectivity index (χ2v) is 9.26. The molecule has 0 saturated carbocycles. The van der Waals surface area contributed by atoms with Crippen molar-refractivity contribution in [2.24, 2.45) is 0 Å². The number of rotatable bonds is 5. The average molecular weight is 487 g/mol. The molecule has 0 bridgehead atoms. The van der Waals surface area contributed by atoms with Gasteiger partial charge < -0.3 is 15.1 Å². The number of carbonyl (C=O) groups excluding carboxylic acids is 2. The molecule has 3 aromatic carbocycles. The van der Waals surface area contributed by atoms with E-state index in [0.29, 0.717) is 43.2 Å². The maximum atomic E-state index is 12.8. The second-order valence-electron chi connectivity index (χ2n) is 8.85. The van der Waals surface area contributed by atoms with Gasteiger partial charge in [0.1, 0.15) is 0 Å². The van der Waals surface area contributed by atoms with E-state index in [2.05, 4.69) is 29.4 Å². The molecule has 1 fully saturated rings. The van der Waals surface area contributed by atoms with Crippen LogP contribution < -0.4 is 15.5 Å². The molecule has 1 aliphatic heterocycles. The van der Waals surface area contributed by atoms with Gasteiger partial charge in [0.2, 0.25) is 0 Å². The quantitative estimate of drug-likeness (QED) is 0.503. The SMILES string of the molecule is CC(C)c1ccc(C(=O)NC(=S)Nc2ccccc2N2CCN(C(=O)c3ccccc3)CC2)cc1. The molecule has 0 atom stereocenters. The van der Waals surface area contributed by atoms with Crippen LogP contribution in [-0.2, 0) is 0 Å². The summed E-state index contributed by atoms with van der Waals surface area (Å²) in [6.07, 6.45) is 0. The number of thiocarbonyl (C=S) groups is 1. The summed E-state index contributed by atoms with van der Waals surface area (Å²) in [5.74, 6) is 0.218. The number of nitrogens with one attached hydrogen (secondary N) is 2. The van der Waals surface area contributed by atoms with Crippen molar-refractivity contribution >= 4 is 40.5 Å². The lowest BCUT2D eigenvalue weighted by Crippen LogP contribution is -2.49. The summed E-state index contributed by atoms with van der Waals surface area (Å²) < 4.78 is 0. The number of hydrogen-bond acceptors (Lipinski definition) is 4. The first kappa shape index (κ1) is 24.4. The lowest BCUT2D eigenvalue weighted by molar-refractivity contribution is 0.0746. The molecule has 0 aliphatic carbocycles. The molecule has 1 saturated heterocycles. The number of carbonyl (C=O) groups is 2. The number of hydrogen-bond donors (Lipinski definition) is 2. The van der Waals surface area contributed by atoms with Crippen molar-refractivity contribution in [3.05, 3.63) is 95.6 Å². The minimum atomic E-state index is -0.247. The van der Waals surface area contributed by atoms with Crippen LogP contribution in [0, 0.1) is 0 Å². The molecule has 2 N–H and O–H groups in total. The van der Waals surface area contributed by atoms with Gasteiger partial charge in [-0.15, -0.1) is 0 Å². The molecule has 3 aromatic rings. The second kappa shape index (κ2) is 11.1. The Morgan fingerprint density at radius 1 is 0.800 bits per heavy atom. The van der Waals surface area contributed by atoms with Crippen LogP contribution in [0.25, 0.3) is 0 Å². The van der Waals surface area contributed by atoms with Crippen LogP contribution >= 0.6 is 12.2 Å². The average Bonchev–Trinajstić information content (AvgIpc) is 2.89. The summed E-state index contributed by atoms with van der Waals surface area (Å²) in [5, 5.41) is 6.19. The van der Waals surface area contributed by atoms with Gasteiger partial charge in [-0.1, -0.05) is 56.3 Å². The van der Waals surface area contributed by atoms with Crippen molar-refractivity contribution in [1.82, 2.24) is 10.2 Å². The molecule has 0 aromatic heterocycles. The van der Waals surface area contributed by atoms with Crippen molar-refractivity contribution in [3.8, 4) is 0 Å². The van der Waals surface area contributed by atoms with Gasteiger partial charge in [-0.3, -0.25) is 14.9 Å². The third-order valence-corrected chi connectivity index (χ3v) is 6.35. The van der Waals surface area contributed by atoms with Crippen LogP contribution in [0.2, 0.25) is 0 Å². The van der Waals surface area contributed by atoms with Crippen molar-refractivity contribution in [3.63, 3.8) is 0 Å². The fourth-order valence-corrected chi connectivity index (χ4v) is 4.32. The topological polar surface area (TPSA) is 64.7 Å². The maximum Gasteiger partial charge on any atom is 0.257 e. The Morgan fingerprint density at radius 2 is 1.43 bits per heavy atom. The van der Waals surface area contributed by atoms with Gasteiger partial charge >= 0.3 is 0 Å². The summed E-state index contributed by atoms with van der Waals surface area (Å²) in [4.78, 5) is 29.5. The molecule has 35 heavy (non-hydrogen) atoms. The van der Waals surface area contributed by atoms with E-state index in [9.17, 15) is 9.59 Å². The van der Waals surface area contributed by atoms with E-state index in [-0.39, 0.29) is 16.9 Å². The third-order valence-electron chi connectivity index (χ3n) is 6.15. The van der Waals surface area contributed by atoms with Crippen molar-refractivity contribution in [2.75, 3.05) is 36.4 Å². The van der Waals surface area contributed by atoms with E-state index in [0.717, 1.165) is 11.4 Å². The molecule has 0 spiro atoms. The number of anilines is 2. The predicted molar refractivity (Wildman–Crippen MR) is 145 cm³/mol. The van der Waals surface area contributed by atoms with Crippen LogP contribution in [0.15, 0.2) is 78.9 Å². The summed E-state index contributed by atoms with van der Waals surface area (Å²) >= 11 is 5.43. The van der Waals surface area contributed by atoms with Gasteiger partial charge in [0.15, 0.2) is 5.11 Å². The first-order valence-corrected chi connectivity index (χ1v) is 12.2. The normalized spacial score (nSPS) is 13.5. The lowest BCUT2D eigenvalue weighted by Gasteiger charge is -2.37. The zero-order chi connectivity index (χ0) is 24.8. The summed E-state index contributed by atoms with van der Waals surface area (Å²) in [6.45, 7) is 6.92. The Bertz CT molecular complexity index is 1190. The van der Waals surface area contributed by atoms with E-state index < -0.39 is 0 Å². The fourth-order valence-electron chi connectivity index (χ4n) is 4.12. The van der Waals surface area contributed by atoms with Crippen molar-refractivity contribution in [1.29, 1.82) is 0 Å². The molecule has 2 amide bonds. The number of benzene rings is 3.